The number of halogens is 1. The van der Waals surface area contributed by atoms with Crippen molar-refractivity contribution >= 4 is 27.4 Å². The van der Waals surface area contributed by atoms with Gasteiger partial charge in [0.2, 0.25) is 0 Å². The van der Waals surface area contributed by atoms with Crippen LogP contribution in [0.1, 0.15) is 0 Å². The van der Waals surface area contributed by atoms with Crippen LogP contribution in [0.2, 0.25) is 5.02 Å². The average Bonchev–Trinajstić information content (AvgIpc) is 2.45. The van der Waals surface area contributed by atoms with Crippen LogP contribution >= 0.6 is 11.6 Å². The van der Waals surface area contributed by atoms with E-state index in [2.05, 4.69) is 11.3 Å². The molecule has 0 spiro atoms. The van der Waals surface area contributed by atoms with Gasteiger partial charge in [-0.05, 0) is 18.2 Å². The van der Waals surface area contributed by atoms with Gasteiger partial charge in [-0.15, -0.1) is 0 Å². The maximum absolute atomic E-state index is 12.0. The predicted molar refractivity (Wildman–Crippen MR) is 77.1 cm³/mol. The molecule has 0 aliphatic heterocycles. The second-order valence-electron chi connectivity index (χ2n) is 3.92. The molecular formula is C13H15ClO6S. The highest BCUT2D eigenvalue weighted by Gasteiger charge is 2.15. The Morgan fingerprint density at radius 2 is 2.05 bits per heavy atom. The summed E-state index contributed by atoms with van der Waals surface area (Å²) in [6.45, 7) is 3.29. The van der Waals surface area contributed by atoms with E-state index in [-0.39, 0.29) is 41.2 Å². The van der Waals surface area contributed by atoms with Crippen LogP contribution in [0.15, 0.2) is 35.7 Å². The van der Waals surface area contributed by atoms with E-state index in [0.717, 1.165) is 6.08 Å². The molecule has 21 heavy (non-hydrogen) atoms. The summed E-state index contributed by atoms with van der Waals surface area (Å²) in [5.41, 5.74) is 0. The van der Waals surface area contributed by atoms with Crippen molar-refractivity contribution in [3.63, 3.8) is 0 Å². The monoisotopic (exact) mass is 334 g/mol. The number of carbonyl (C=O) groups excluding carboxylic acids is 1. The number of sulfone groups is 1. The third-order valence-corrected chi connectivity index (χ3v) is 4.39. The molecule has 1 aromatic carbocycles. The number of phenolic OH excluding ortho intramolecular Hbond substituents is 1. The van der Waals surface area contributed by atoms with Gasteiger partial charge in [0.15, 0.2) is 9.84 Å². The van der Waals surface area contributed by atoms with Gasteiger partial charge in [0.25, 0.3) is 0 Å². The highest BCUT2D eigenvalue weighted by atomic mass is 35.5. The smallest absolute Gasteiger partial charge is 0.330 e. The number of ether oxygens (including phenoxy) is 2. The summed E-state index contributed by atoms with van der Waals surface area (Å²) < 4.78 is 33.7. The van der Waals surface area contributed by atoms with E-state index in [9.17, 15) is 18.3 Å². The van der Waals surface area contributed by atoms with Gasteiger partial charge in [-0.2, -0.15) is 0 Å². The summed E-state index contributed by atoms with van der Waals surface area (Å²) in [5.74, 6) is -0.996. The Kier molecular flexibility index (Phi) is 6.67. The third-order valence-electron chi connectivity index (χ3n) is 2.41. The topological polar surface area (TPSA) is 89.9 Å². The van der Waals surface area contributed by atoms with Crippen molar-refractivity contribution in [2.24, 2.45) is 0 Å². The molecule has 116 valence electrons. The Morgan fingerprint density at radius 1 is 1.33 bits per heavy atom. The van der Waals surface area contributed by atoms with E-state index in [4.69, 9.17) is 16.3 Å². The predicted octanol–water partition coefficient (Wildman–Crippen LogP) is 1.57. The van der Waals surface area contributed by atoms with Gasteiger partial charge >= 0.3 is 5.97 Å². The minimum absolute atomic E-state index is 0.00647. The molecule has 1 aromatic rings. The number of benzene rings is 1. The van der Waals surface area contributed by atoms with Gasteiger partial charge in [-0.3, -0.25) is 0 Å². The molecule has 0 atom stereocenters. The number of hydrogen-bond donors (Lipinski definition) is 1. The first-order valence-electron chi connectivity index (χ1n) is 5.95. The Morgan fingerprint density at radius 3 is 2.67 bits per heavy atom. The van der Waals surface area contributed by atoms with Crippen LogP contribution < -0.4 is 0 Å². The summed E-state index contributed by atoms with van der Waals surface area (Å²) in [6, 6.07) is 3.66. The molecule has 0 saturated heterocycles. The number of phenols is 1. The van der Waals surface area contributed by atoms with E-state index in [0.29, 0.717) is 0 Å². The second kappa shape index (κ2) is 8.02. The van der Waals surface area contributed by atoms with Crippen LogP contribution in [0.25, 0.3) is 0 Å². The van der Waals surface area contributed by atoms with E-state index in [1.165, 1.54) is 18.2 Å². The van der Waals surface area contributed by atoms with E-state index in [1.807, 2.05) is 0 Å². The van der Waals surface area contributed by atoms with Gasteiger partial charge in [-0.1, -0.05) is 18.2 Å². The van der Waals surface area contributed by atoms with Crippen molar-refractivity contribution in [3.05, 3.63) is 35.9 Å². The lowest BCUT2D eigenvalue weighted by Crippen LogP contribution is -2.15. The molecule has 1 N–H and O–H groups in total. The first kappa shape index (κ1) is 17.5. The SMILES string of the molecule is C=CC(=O)OCCOCCS(=O)(=O)c1ccc(O)c(Cl)c1. The standard InChI is InChI=1S/C13H15ClO6S/c1-2-13(16)20-6-5-19-7-8-21(17,18)10-3-4-12(15)11(14)9-10/h2-4,9,15H,1,5-8H2. The lowest BCUT2D eigenvalue weighted by molar-refractivity contribution is -0.139. The van der Waals surface area contributed by atoms with E-state index < -0.39 is 15.8 Å². The van der Waals surface area contributed by atoms with Gasteiger partial charge in [0.1, 0.15) is 12.4 Å². The number of esters is 1. The maximum atomic E-state index is 12.0. The Balaban J connectivity index is 2.41. The van der Waals surface area contributed by atoms with Crippen molar-refractivity contribution < 1.29 is 27.8 Å². The average molecular weight is 335 g/mol. The first-order valence-corrected chi connectivity index (χ1v) is 7.98. The molecule has 6 nitrogen and oxygen atoms in total. The summed E-state index contributed by atoms with van der Waals surface area (Å²) in [7, 11) is -3.55. The molecule has 0 heterocycles. The van der Waals surface area contributed by atoms with Crippen molar-refractivity contribution in [1.29, 1.82) is 0 Å². The number of aromatic hydroxyl groups is 1. The van der Waals surface area contributed by atoms with Gasteiger partial charge in [0, 0.05) is 6.08 Å². The fourth-order valence-electron chi connectivity index (χ4n) is 1.33. The Bertz CT molecular complexity index is 611. The lowest BCUT2D eigenvalue weighted by Gasteiger charge is -2.07. The Labute approximate surface area is 127 Å². The summed E-state index contributed by atoms with van der Waals surface area (Å²) >= 11 is 5.66. The summed E-state index contributed by atoms with van der Waals surface area (Å²) in [4.78, 5) is 10.7. The van der Waals surface area contributed by atoms with Crippen LogP contribution in [0, 0.1) is 0 Å². The molecule has 0 unspecified atom stereocenters. The van der Waals surface area contributed by atoms with Crippen molar-refractivity contribution in [3.8, 4) is 5.75 Å². The normalized spacial score (nSPS) is 11.1. The molecular weight excluding hydrogens is 320 g/mol. The molecule has 0 saturated carbocycles. The summed E-state index contributed by atoms with van der Waals surface area (Å²) in [6.07, 6.45) is 1.03. The van der Waals surface area contributed by atoms with Crippen LogP contribution in [0.4, 0.5) is 0 Å². The zero-order valence-corrected chi connectivity index (χ0v) is 12.7. The quantitative estimate of drug-likeness (QED) is 0.441. The zero-order chi connectivity index (χ0) is 15.9. The molecule has 0 aliphatic carbocycles. The van der Waals surface area contributed by atoms with E-state index >= 15 is 0 Å². The largest absolute Gasteiger partial charge is 0.506 e. The van der Waals surface area contributed by atoms with Crippen LogP contribution in [0.3, 0.4) is 0 Å². The fraction of sp³-hybridized carbons (Fsp3) is 0.308. The molecule has 0 fully saturated rings. The van der Waals surface area contributed by atoms with Gasteiger partial charge < -0.3 is 14.6 Å². The molecule has 0 amide bonds. The van der Waals surface area contributed by atoms with Crippen LogP contribution in [-0.4, -0.2) is 45.1 Å². The highest BCUT2D eigenvalue weighted by molar-refractivity contribution is 7.91. The minimum Gasteiger partial charge on any atom is -0.506 e. The van der Waals surface area contributed by atoms with Crippen molar-refractivity contribution in [1.82, 2.24) is 0 Å². The number of carbonyl (C=O) groups is 1. The van der Waals surface area contributed by atoms with Crippen LogP contribution in [0.5, 0.6) is 5.75 Å². The minimum atomic E-state index is -3.55. The number of hydrogen-bond acceptors (Lipinski definition) is 6. The summed E-state index contributed by atoms with van der Waals surface area (Å²) in [5, 5.41) is 9.21. The Hall–Kier alpha value is -1.57. The fourth-order valence-corrected chi connectivity index (χ4v) is 2.72. The van der Waals surface area contributed by atoms with Gasteiger partial charge in [-0.25, -0.2) is 13.2 Å². The van der Waals surface area contributed by atoms with E-state index in [1.54, 1.807) is 0 Å². The van der Waals surface area contributed by atoms with Gasteiger partial charge in [0.05, 0.1) is 28.9 Å². The third kappa shape index (κ3) is 5.74. The molecule has 0 radical (unpaired) electrons. The van der Waals surface area contributed by atoms with Crippen LogP contribution in [-0.2, 0) is 24.1 Å². The van der Waals surface area contributed by atoms with Crippen molar-refractivity contribution in [2.75, 3.05) is 25.6 Å². The molecule has 0 aliphatic rings. The first-order chi connectivity index (χ1) is 9.86. The maximum Gasteiger partial charge on any atom is 0.330 e. The molecule has 8 heteroatoms. The molecule has 0 aromatic heterocycles. The number of rotatable bonds is 8. The van der Waals surface area contributed by atoms with Crippen molar-refractivity contribution in [2.45, 2.75) is 4.90 Å². The zero-order valence-electron chi connectivity index (χ0n) is 11.1. The second-order valence-corrected chi connectivity index (χ2v) is 6.43. The lowest BCUT2D eigenvalue weighted by atomic mass is 10.3. The highest BCUT2D eigenvalue weighted by Crippen LogP contribution is 2.26. The molecule has 1 rings (SSSR count). The molecule has 0 bridgehead atoms.